The van der Waals surface area contributed by atoms with Gasteiger partial charge in [0.25, 0.3) is 0 Å². The van der Waals surface area contributed by atoms with Crippen molar-refractivity contribution in [2.45, 2.75) is 79.8 Å². The molecule has 0 spiro atoms. The largest absolute Gasteiger partial charge is 0.852 e. The van der Waals surface area contributed by atoms with Crippen molar-refractivity contribution < 1.29 is 41.5 Å². The van der Waals surface area contributed by atoms with E-state index in [0.717, 1.165) is 0 Å². The minimum absolute atomic E-state index is 0. The Morgan fingerprint density at radius 3 is 0.412 bits per heavy atom. The molecule has 0 rings (SSSR count). The van der Waals surface area contributed by atoms with Gasteiger partial charge in [0.1, 0.15) is 0 Å². The van der Waals surface area contributed by atoms with Crippen molar-refractivity contribution in [2.24, 2.45) is 0 Å². The summed E-state index contributed by atoms with van der Waals surface area (Å²) < 4.78 is 0. The van der Waals surface area contributed by atoms with E-state index in [0.29, 0.717) is 0 Å². The van der Waals surface area contributed by atoms with Gasteiger partial charge in [-0.15, -0.1) is 24.4 Å². The van der Waals surface area contributed by atoms with Gasteiger partial charge in [-0.1, -0.05) is 55.4 Å². The van der Waals surface area contributed by atoms with Crippen LogP contribution in [0.4, 0.5) is 0 Å². The summed E-state index contributed by atoms with van der Waals surface area (Å²) in [7, 11) is 0. The molecule has 0 saturated heterocycles. The number of rotatable bonds is 0. The molecule has 0 heterocycles. The predicted octanol–water partition coefficient (Wildman–Crippen LogP) is -0.982. The van der Waals surface area contributed by atoms with Crippen molar-refractivity contribution in [3.8, 4) is 0 Å². The fraction of sp³-hybridized carbons (Fsp3) is 1.00. The third kappa shape index (κ3) is 12500. The monoisotopic (exact) mass is 420 g/mol. The van der Waals surface area contributed by atoms with Crippen LogP contribution < -0.4 is 20.4 Å². The molecule has 0 saturated carbocycles. The molecule has 0 aromatic rings. The third-order valence-corrected chi connectivity index (χ3v) is 0. The second-order valence-corrected chi connectivity index (χ2v) is 4.20. The molecule has 0 aliphatic rings. The van der Waals surface area contributed by atoms with E-state index in [-0.39, 0.29) is 21.1 Å². The van der Waals surface area contributed by atoms with Crippen LogP contribution >= 0.6 is 0 Å². The smallest absolute Gasteiger partial charge is 0 e. The Bertz CT molecular complexity index is 61.5. The van der Waals surface area contributed by atoms with Crippen LogP contribution in [0, 0.1) is 0 Å². The quantitative estimate of drug-likeness (QED) is 0.504. The van der Waals surface area contributed by atoms with Crippen molar-refractivity contribution >= 4 is 0 Å². The Balaban J connectivity index is -0.0000000369. The average Bonchev–Trinajstić information content (AvgIpc) is 1.76. The Morgan fingerprint density at radius 1 is 0.412 bits per heavy atom. The van der Waals surface area contributed by atoms with Crippen molar-refractivity contribution in [1.29, 1.82) is 0 Å². The molecule has 0 fully saturated rings. The van der Waals surface area contributed by atoms with Crippen molar-refractivity contribution in [3.63, 3.8) is 0 Å². The van der Waals surface area contributed by atoms with Gasteiger partial charge in [-0.05, 0) is 0 Å². The van der Waals surface area contributed by atoms with E-state index >= 15 is 0 Å². The predicted molar refractivity (Wildman–Crippen MR) is 60.5 cm³/mol. The summed E-state index contributed by atoms with van der Waals surface area (Å²) in [5.74, 6) is 0. The van der Waals surface area contributed by atoms with E-state index in [1.54, 1.807) is 55.4 Å². The summed E-state index contributed by atoms with van der Waals surface area (Å²) in [5, 5.41) is 38.1. The molecule has 0 N–H and O–H groups in total. The average molecular weight is 420 g/mol. The maximum Gasteiger partial charge on any atom is 0 e. The first-order valence-corrected chi connectivity index (χ1v) is 5.56. The van der Waals surface area contributed by atoms with Crippen LogP contribution in [0.2, 0.25) is 0 Å². The molecular formula is C12H28O4W-4. The molecule has 0 aromatic carbocycles. The molecule has 0 amide bonds. The van der Waals surface area contributed by atoms with Crippen molar-refractivity contribution in [2.75, 3.05) is 0 Å². The molecule has 0 radical (unpaired) electrons. The molecule has 0 atom stereocenters. The Morgan fingerprint density at radius 2 is 0.412 bits per heavy atom. The summed E-state index contributed by atoms with van der Waals surface area (Å²) >= 11 is 0. The maximum atomic E-state index is 9.53. The van der Waals surface area contributed by atoms with E-state index in [9.17, 15) is 20.4 Å². The molecular weight excluding hydrogens is 392 g/mol. The fourth-order valence-electron chi connectivity index (χ4n) is 0. The minimum atomic E-state index is -0.417. The molecule has 0 unspecified atom stereocenters. The number of hydrogen-bond acceptors (Lipinski definition) is 4. The molecule has 17 heavy (non-hydrogen) atoms. The van der Waals surface area contributed by atoms with E-state index in [1.807, 2.05) is 0 Å². The van der Waals surface area contributed by atoms with Gasteiger partial charge in [-0.25, -0.2) is 0 Å². The molecule has 110 valence electrons. The Hall–Kier alpha value is 0.528. The van der Waals surface area contributed by atoms with Gasteiger partial charge in [0.05, 0.1) is 0 Å². The SMILES string of the molecule is CC(C)[O-].CC(C)[O-].CC(C)[O-].CC(C)[O-].[W]. The summed E-state index contributed by atoms with van der Waals surface area (Å²) in [4.78, 5) is 0. The van der Waals surface area contributed by atoms with Crippen LogP contribution in [0.1, 0.15) is 55.4 Å². The van der Waals surface area contributed by atoms with E-state index in [4.69, 9.17) is 0 Å². The first kappa shape index (κ1) is 30.5. The maximum absolute atomic E-state index is 9.53. The zero-order valence-corrected chi connectivity index (χ0v) is 15.3. The van der Waals surface area contributed by atoms with Gasteiger partial charge in [0.2, 0.25) is 0 Å². The normalized spacial score (nSPS) is 8.47. The third-order valence-electron chi connectivity index (χ3n) is 0. The standard InChI is InChI=1S/4C3H7O.W/c4*1-3(2)4;/h4*3H,1-2H3;/q4*-1;. The van der Waals surface area contributed by atoms with Crippen LogP contribution in [0.3, 0.4) is 0 Å². The van der Waals surface area contributed by atoms with Gasteiger partial charge < -0.3 is 20.4 Å². The summed E-state index contributed by atoms with van der Waals surface area (Å²) in [6.07, 6.45) is -1.67. The number of hydrogen-bond donors (Lipinski definition) is 0. The van der Waals surface area contributed by atoms with Crippen LogP contribution in [-0.4, -0.2) is 24.4 Å². The zero-order chi connectivity index (χ0) is 14.3. The first-order valence-electron chi connectivity index (χ1n) is 5.56. The zero-order valence-electron chi connectivity index (χ0n) is 12.4. The Kier molecular flexibility index (Phi) is 45.6. The molecule has 0 aromatic heterocycles. The molecule has 5 heteroatoms. The molecule has 0 aliphatic carbocycles. The van der Waals surface area contributed by atoms with Crippen LogP contribution in [0.25, 0.3) is 0 Å². The van der Waals surface area contributed by atoms with Crippen LogP contribution in [-0.2, 0) is 21.1 Å². The van der Waals surface area contributed by atoms with Gasteiger partial charge >= 0.3 is 0 Å². The second-order valence-electron chi connectivity index (χ2n) is 4.20. The summed E-state index contributed by atoms with van der Waals surface area (Å²) in [6, 6.07) is 0. The molecule has 4 nitrogen and oxygen atoms in total. The van der Waals surface area contributed by atoms with E-state index in [2.05, 4.69) is 0 Å². The fourth-order valence-corrected chi connectivity index (χ4v) is 0. The van der Waals surface area contributed by atoms with E-state index in [1.165, 1.54) is 0 Å². The molecule has 0 bridgehead atoms. The van der Waals surface area contributed by atoms with E-state index < -0.39 is 24.4 Å². The van der Waals surface area contributed by atoms with Gasteiger partial charge in [0.15, 0.2) is 0 Å². The van der Waals surface area contributed by atoms with Crippen LogP contribution in [0.5, 0.6) is 0 Å². The van der Waals surface area contributed by atoms with Gasteiger partial charge in [0, 0.05) is 21.1 Å². The van der Waals surface area contributed by atoms with Crippen molar-refractivity contribution in [3.05, 3.63) is 0 Å². The summed E-state index contributed by atoms with van der Waals surface area (Å²) in [5.41, 5.74) is 0. The van der Waals surface area contributed by atoms with Gasteiger partial charge in [-0.3, -0.25) is 0 Å². The topological polar surface area (TPSA) is 92.2 Å². The minimum Gasteiger partial charge on any atom is -0.852 e. The molecule has 0 aliphatic heterocycles. The van der Waals surface area contributed by atoms with Gasteiger partial charge in [-0.2, -0.15) is 0 Å². The first-order chi connectivity index (χ1) is 6.93. The second kappa shape index (κ2) is 25.4. The van der Waals surface area contributed by atoms with Crippen LogP contribution in [0.15, 0.2) is 0 Å². The summed E-state index contributed by atoms with van der Waals surface area (Å²) in [6.45, 7) is 12.9. The van der Waals surface area contributed by atoms with Crippen molar-refractivity contribution in [1.82, 2.24) is 0 Å². The Labute approximate surface area is 121 Å².